The van der Waals surface area contributed by atoms with Crippen molar-refractivity contribution in [1.29, 1.82) is 5.26 Å². The Morgan fingerprint density at radius 3 is 2.72 bits per heavy atom. The lowest BCUT2D eigenvalue weighted by Crippen LogP contribution is -2.46. The third-order valence-electron chi connectivity index (χ3n) is 3.99. The van der Waals surface area contributed by atoms with Crippen molar-refractivity contribution in [3.8, 4) is 6.07 Å². The van der Waals surface area contributed by atoms with Crippen LogP contribution in [0.15, 0.2) is 22.7 Å². The molecule has 2 nitrogen and oxygen atoms in total. The molecule has 3 heteroatoms. The molecule has 18 heavy (non-hydrogen) atoms. The Morgan fingerprint density at radius 2 is 2.06 bits per heavy atom. The van der Waals surface area contributed by atoms with E-state index in [1.807, 2.05) is 12.1 Å². The molecule has 0 bridgehead atoms. The molecule has 96 valence electrons. The van der Waals surface area contributed by atoms with E-state index in [0.29, 0.717) is 17.9 Å². The standard InChI is InChI=1S/C15H19BrN2/c1-10-6-11(2)12(3)18(9-10)15-7-14(16)5-4-13(15)8-17/h4-5,7,10-12H,6,9H2,1-3H3. The zero-order chi connectivity index (χ0) is 13.3. The van der Waals surface area contributed by atoms with E-state index in [4.69, 9.17) is 0 Å². The lowest BCUT2D eigenvalue weighted by molar-refractivity contribution is 0.297. The molecule has 0 aromatic heterocycles. The minimum absolute atomic E-state index is 0.489. The fourth-order valence-electron chi connectivity index (χ4n) is 2.87. The molecule has 3 unspecified atom stereocenters. The number of hydrogen-bond donors (Lipinski definition) is 0. The summed E-state index contributed by atoms with van der Waals surface area (Å²) in [6, 6.07) is 8.70. The van der Waals surface area contributed by atoms with Gasteiger partial charge in [-0.25, -0.2) is 0 Å². The molecule has 0 saturated carbocycles. The Bertz CT molecular complexity index is 478. The fraction of sp³-hybridized carbons (Fsp3) is 0.533. The number of rotatable bonds is 1. The van der Waals surface area contributed by atoms with Crippen LogP contribution in [0, 0.1) is 23.2 Å². The molecule has 0 aliphatic carbocycles. The van der Waals surface area contributed by atoms with Crippen molar-refractivity contribution in [2.24, 2.45) is 11.8 Å². The molecule has 0 spiro atoms. The lowest BCUT2D eigenvalue weighted by Gasteiger charge is -2.43. The van der Waals surface area contributed by atoms with Crippen LogP contribution in [0.4, 0.5) is 5.69 Å². The van der Waals surface area contributed by atoms with Crippen molar-refractivity contribution in [2.75, 3.05) is 11.4 Å². The first-order valence-electron chi connectivity index (χ1n) is 6.49. The van der Waals surface area contributed by atoms with Gasteiger partial charge in [0, 0.05) is 17.1 Å². The third kappa shape index (κ3) is 2.54. The van der Waals surface area contributed by atoms with Crippen LogP contribution in [0.2, 0.25) is 0 Å². The average molecular weight is 307 g/mol. The number of nitrogens with zero attached hydrogens (tertiary/aromatic N) is 2. The number of anilines is 1. The maximum absolute atomic E-state index is 9.27. The molecule has 2 rings (SSSR count). The molecule has 1 aromatic carbocycles. The molecule has 0 amide bonds. The summed E-state index contributed by atoms with van der Waals surface area (Å²) < 4.78 is 1.04. The van der Waals surface area contributed by atoms with Crippen LogP contribution in [0.1, 0.15) is 32.8 Å². The summed E-state index contributed by atoms with van der Waals surface area (Å²) in [7, 11) is 0. The molecule has 1 aliphatic heterocycles. The number of nitriles is 1. The zero-order valence-corrected chi connectivity index (χ0v) is 12.7. The van der Waals surface area contributed by atoms with E-state index in [9.17, 15) is 5.26 Å². The van der Waals surface area contributed by atoms with Crippen molar-refractivity contribution in [3.63, 3.8) is 0 Å². The second-order valence-electron chi connectivity index (χ2n) is 5.48. The van der Waals surface area contributed by atoms with Gasteiger partial charge in [0.15, 0.2) is 0 Å². The highest BCUT2D eigenvalue weighted by Gasteiger charge is 2.30. The predicted molar refractivity (Wildman–Crippen MR) is 78.6 cm³/mol. The first-order valence-corrected chi connectivity index (χ1v) is 7.28. The summed E-state index contributed by atoms with van der Waals surface area (Å²) in [5, 5.41) is 9.27. The van der Waals surface area contributed by atoms with Crippen molar-refractivity contribution in [3.05, 3.63) is 28.2 Å². The minimum Gasteiger partial charge on any atom is -0.367 e. The fourth-order valence-corrected chi connectivity index (χ4v) is 3.22. The first-order chi connectivity index (χ1) is 8.52. The zero-order valence-electron chi connectivity index (χ0n) is 11.2. The van der Waals surface area contributed by atoms with Gasteiger partial charge in [0.2, 0.25) is 0 Å². The van der Waals surface area contributed by atoms with Crippen LogP contribution in [-0.4, -0.2) is 12.6 Å². The van der Waals surface area contributed by atoms with Gasteiger partial charge in [0.1, 0.15) is 6.07 Å². The summed E-state index contributed by atoms with van der Waals surface area (Å²) >= 11 is 3.51. The minimum atomic E-state index is 0.489. The molecule has 0 radical (unpaired) electrons. The van der Waals surface area contributed by atoms with Crippen LogP contribution < -0.4 is 4.90 Å². The molecule has 1 aromatic rings. The lowest BCUT2D eigenvalue weighted by atomic mass is 9.85. The van der Waals surface area contributed by atoms with E-state index in [1.165, 1.54) is 6.42 Å². The van der Waals surface area contributed by atoms with Gasteiger partial charge in [-0.15, -0.1) is 0 Å². The second-order valence-corrected chi connectivity index (χ2v) is 6.40. The van der Waals surface area contributed by atoms with Crippen molar-refractivity contribution in [1.82, 2.24) is 0 Å². The van der Waals surface area contributed by atoms with Crippen molar-refractivity contribution < 1.29 is 0 Å². The van der Waals surface area contributed by atoms with Crippen LogP contribution in [0.3, 0.4) is 0 Å². The Hall–Kier alpha value is -1.01. The highest BCUT2D eigenvalue weighted by molar-refractivity contribution is 9.10. The maximum atomic E-state index is 9.27. The van der Waals surface area contributed by atoms with Crippen LogP contribution in [0.25, 0.3) is 0 Å². The number of piperidine rings is 1. The number of hydrogen-bond acceptors (Lipinski definition) is 2. The van der Waals surface area contributed by atoms with E-state index in [-0.39, 0.29) is 0 Å². The van der Waals surface area contributed by atoms with Crippen LogP contribution in [0.5, 0.6) is 0 Å². The van der Waals surface area contributed by atoms with Gasteiger partial charge in [-0.1, -0.05) is 29.8 Å². The molecule has 1 aliphatic rings. The van der Waals surface area contributed by atoms with Crippen LogP contribution in [-0.2, 0) is 0 Å². The van der Waals surface area contributed by atoms with Crippen LogP contribution >= 0.6 is 15.9 Å². The molecule has 1 heterocycles. The van der Waals surface area contributed by atoms with Gasteiger partial charge in [-0.2, -0.15) is 5.26 Å². The molecule has 1 fully saturated rings. The Labute approximate surface area is 118 Å². The molecule has 1 saturated heterocycles. The summed E-state index contributed by atoms with van der Waals surface area (Å²) in [5.74, 6) is 1.35. The average Bonchev–Trinajstić information content (AvgIpc) is 2.33. The van der Waals surface area contributed by atoms with Gasteiger partial charge < -0.3 is 4.90 Å². The van der Waals surface area contributed by atoms with Gasteiger partial charge in [-0.3, -0.25) is 0 Å². The largest absolute Gasteiger partial charge is 0.367 e. The van der Waals surface area contributed by atoms with E-state index in [0.717, 1.165) is 22.3 Å². The summed E-state index contributed by atoms with van der Waals surface area (Å²) in [6.45, 7) is 7.89. The molecular formula is C15H19BrN2. The molecule has 0 N–H and O–H groups in total. The third-order valence-corrected chi connectivity index (χ3v) is 4.48. The van der Waals surface area contributed by atoms with Crippen molar-refractivity contribution >= 4 is 21.6 Å². The first kappa shape index (κ1) is 13.4. The predicted octanol–water partition coefficient (Wildman–Crippen LogP) is 4.19. The Morgan fingerprint density at radius 1 is 1.33 bits per heavy atom. The van der Waals surface area contributed by atoms with Gasteiger partial charge in [-0.05, 0) is 43.4 Å². The van der Waals surface area contributed by atoms with E-state index < -0.39 is 0 Å². The molecular weight excluding hydrogens is 288 g/mol. The summed E-state index contributed by atoms with van der Waals surface area (Å²) in [4.78, 5) is 2.39. The van der Waals surface area contributed by atoms with Gasteiger partial charge >= 0.3 is 0 Å². The number of halogens is 1. The van der Waals surface area contributed by atoms with Gasteiger partial charge in [0.25, 0.3) is 0 Å². The van der Waals surface area contributed by atoms with E-state index >= 15 is 0 Å². The monoisotopic (exact) mass is 306 g/mol. The second kappa shape index (κ2) is 5.32. The number of benzene rings is 1. The smallest absolute Gasteiger partial charge is 0.101 e. The van der Waals surface area contributed by atoms with E-state index in [1.54, 1.807) is 0 Å². The van der Waals surface area contributed by atoms with E-state index in [2.05, 4.69) is 53.7 Å². The SMILES string of the molecule is CC1CC(C)C(C)N(c2cc(Br)ccc2C#N)C1. The Kier molecular flexibility index (Phi) is 3.97. The Balaban J connectivity index is 2.41. The summed E-state index contributed by atoms with van der Waals surface area (Å²) in [6.07, 6.45) is 1.27. The highest BCUT2D eigenvalue weighted by Crippen LogP contribution is 2.34. The molecule has 3 atom stereocenters. The van der Waals surface area contributed by atoms with Crippen molar-refractivity contribution in [2.45, 2.75) is 33.2 Å². The summed E-state index contributed by atoms with van der Waals surface area (Å²) in [5.41, 5.74) is 1.84. The van der Waals surface area contributed by atoms with Gasteiger partial charge in [0.05, 0.1) is 11.3 Å². The topological polar surface area (TPSA) is 27.0 Å². The maximum Gasteiger partial charge on any atom is 0.101 e. The normalized spacial score (nSPS) is 27.9. The quantitative estimate of drug-likeness (QED) is 0.778. The highest BCUT2D eigenvalue weighted by atomic mass is 79.9.